The fourth-order valence-corrected chi connectivity index (χ4v) is 3.74. The van der Waals surface area contributed by atoms with E-state index in [-0.39, 0.29) is 22.5 Å². The number of carbonyl (C=O) groups is 1. The zero-order valence-electron chi connectivity index (χ0n) is 15.2. The highest BCUT2D eigenvalue weighted by Gasteiger charge is 2.45. The van der Waals surface area contributed by atoms with Gasteiger partial charge in [-0.1, -0.05) is 0 Å². The summed E-state index contributed by atoms with van der Waals surface area (Å²) in [4.78, 5) is 14.0. The van der Waals surface area contributed by atoms with Crippen LogP contribution in [-0.4, -0.2) is 36.8 Å². The zero-order chi connectivity index (χ0) is 21.7. The number of piperazine rings is 1. The maximum absolute atomic E-state index is 13.7. The van der Waals surface area contributed by atoms with Crippen LogP contribution in [0.1, 0.15) is 27.5 Å². The van der Waals surface area contributed by atoms with E-state index < -0.39 is 35.8 Å². The van der Waals surface area contributed by atoms with Crippen molar-refractivity contribution in [3.05, 3.63) is 53.1 Å². The maximum atomic E-state index is 13.7. The first-order valence-corrected chi connectivity index (χ1v) is 8.92. The van der Waals surface area contributed by atoms with Gasteiger partial charge in [-0.2, -0.15) is 13.2 Å². The molecule has 2 heterocycles. The van der Waals surface area contributed by atoms with Crippen LogP contribution in [0.4, 0.5) is 37.7 Å². The molecule has 1 amide bonds. The van der Waals surface area contributed by atoms with Crippen molar-refractivity contribution in [2.45, 2.75) is 18.6 Å². The molecule has 30 heavy (non-hydrogen) atoms. The van der Waals surface area contributed by atoms with Crippen molar-refractivity contribution in [1.29, 1.82) is 0 Å². The molecule has 0 saturated carbocycles. The van der Waals surface area contributed by atoms with Crippen molar-refractivity contribution in [1.82, 2.24) is 10.2 Å². The Bertz CT molecular complexity index is 972. The molecule has 2 aromatic carbocycles. The van der Waals surface area contributed by atoms with Crippen LogP contribution in [0.25, 0.3) is 0 Å². The minimum atomic E-state index is -4.84. The molecule has 0 spiro atoms. The lowest BCUT2D eigenvalue weighted by molar-refractivity contribution is -0.274. The number of rotatable bonds is 3. The van der Waals surface area contributed by atoms with Crippen molar-refractivity contribution >= 4 is 17.3 Å². The Balaban J connectivity index is 1.68. The second kappa shape index (κ2) is 7.08. The lowest BCUT2D eigenvalue weighted by atomic mass is 9.97. The number of fused-ring (bicyclic) bond motifs is 3. The second-order valence-electron chi connectivity index (χ2n) is 6.90. The highest BCUT2D eigenvalue weighted by molar-refractivity contribution is 6.01. The monoisotopic (exact) mass is 431 g/mol. The van der Waals surface area contributed by atoms with Crippen LogP contribution in [-0.2, 0) is 6.18 Å². The molecule has 1 fully saturated rings. The molecule has 4 rings (SSSR count). The summed E-state index contributed by atoms with van der Waals surface area (Å²) < 4.78 is 81.6. The van der Waals surface area contributed by atoms with Gasteiger partial charge in [0.25, 0.3) is 5.91 Å². The number of alkyl halides is 6. The third-order valence-electron chi connectivity index (χ3n) is 4.93. The maximum Gasteiger partial charge on any atom is 0.573 e. The Hall–Kier alpha value is -2.95. The largest absolute Gasteiger partial charge is 0.573 e. The summed E-state index contributed by atoms with van der Waals surface area (Å²) in [7, 11) is 0. The van der Waals surface area contributed by atoms with Gasteiger partial charge >= 0.3 is 12.5 Å². The van der Waals surface area contributed by atoms with Crippen LogP contribution in [0.5, 0.6) is 5.75 Å². The van der Waals surface area contributed by atoms with Crippen molar-refractivity contribution < 1.29 is 35.9 Å². The summed E-state index contributed by atoms with van der Waals surface area (Å²) in [5.74, 6) is -1.10. The molecule has 0 unspecified atom stereocenters. The third kappa shape index (κ3) is 3.89. The molecule has 2 aromatic rings. The van der Waals surface area contributed by atoms with Crippen LogP contribution in [0.2, 0.25) is 0 Å². The number of hydrogen-bond acceptors (Lipinski definition) is 4. The normalized spacial score (nSPS) is 18.8. The van der Waals surface area contributed by atoms with Gasteiger partial charge in [0.2, 0.25) is 0 Å². The number of halogens is 6. The third-order valence-corrected chi connectivity index (χ3v) is 4.93. The van der Waals surface area contributed by atoms with E-state index in [4.69, 9.17) is 0 Å². The zero-order valence-corrected chi connectivity index (χ0v) is 15.2. The molecule has 11 heteroatoms. The number of nitrogens with one attached hydrogen (secondary N) is 2. The van der Waals surface area contributed by atoms with E-state index in [0.717, 1.165) is 18.2 Å². The predicted octanol–water partition coefficient (Wildman–Crippen LogP) is 4.45. The predicted molar refractivity (Wildman–Crippen MR) is 94.5 cm³/mol. The first kappa shape index (κ1) is 20.3. The highest BCUT2D eigenvalue weighted by atomic mass is 19.4. The van der Waals surface area contributed by atoms with Crippen LogP contribution in [0.3, 0.4) is 0 Å². The summed E-state index contributed by atoms with van der Waals surface area (Å²) in [6.07, 6.45) is -9.59. The number of benzene rings is 2. The molecule has 1 atom stereocenters. The molecule has 2 N–H and O–H groups in total. The minimum Gasteiger partial charge on any atom is -0.406 e. The number of anilines is 2. The van der Waals surface area contributed by atoms with Gasteiger partial charge in [-0.25, -0.2) is 0 Å². The molecule has 0 radical (unpaired) electrons. The molecular weight excluding hydrogens is 416 g/mol. The van der Waals surface area contributed by atoms with Crippen molar-refractivity contribution in [3.63, 3.8) is 0 Å². The second-order valence-corrected chi connectivity index (χ2v) is 6.90. The van der Waals surface area contributed by atoms with Gasteiger partial charge in [0.15, 0.2) is 0 Å². The molecule has 2 aliphatic heterocycles. The molecule has 160 valence electrons. The fraction of sp³-hybridized carbons (Fsp3) is 0.316. The van der Waals surface area contributed by atoms with Gasteiger partial charge in [0, 0.05) is 31.0 Å². The Morgan fingerprint density at radius 1 is 1.03 bits per heavy atom. The Kier molecular flexibility index (Phi) is 4.80. The van der Waals surface area contributed by atoms with E-state index in [1.165, 1.54) is 23.1 Å². The van der Waals surface area contributed by atoms with Crippen molar-refractivity contribution in [2.75, 3.05) is 25.0 Å². The Morgan fingerprint density at radius 3 is 2.37 bits per heavy atom. The van der Waals surface area contributed by atoms with Gasteiger partial charge in [-0.3, -0.25) is 4.79 Å². The molecule has 0 aromatic heterocycles. The summed E-state index contributed by atoms with van der Waals surface area (Å²) in [6.45, 7) is 1.14. The SMILES string of the molecule is O=C1c2c(cc(Nc3ccc(OC(F)(F)F)cc3)cc2C(F)(F)F)[C@@H]2CNCCN12. The van der Waals surface area contributed by atoms with E-state index in [1.54, 1.807) is 0 Å². The minimum absolute atomic E-state index is 0.0748. The van der Waals surface area contributed by atoms with Crippen molar-refractivity contribution in [3.8, 4) is 5.75 Å². The molecule has 5 nitrogen and oxygen atoms in total. The van der Waals surface area contributed by atoms with Gasteiger partial charge < -0.3 is 20.3 Å². The summed E-state index contributed by atoms with van der Waals surface area (Å²) in [5, 5.41) is 5.83. The first-order chi connectivity index (χ1) is 14.0. The van der Waals surface area contributed by atoms with E-state index in [0.29, 0.717) is 19.6 Å². The molecule has 0 aliphatic carbocycles. The Labute approximate surface area is 166 Å². The topological polar surface area (TPSA) is 53.6 Å². The standard InChI is InChI=1S/C19H15F6N3O2/c20-18(21,22)14-8-11(27-10-1-3-12(4-2-10)30-19(23,24)25)7-13-15-9-26-5-6-28(15)17(29)16(13)14/h1-4,7-8,15,26-27H,5-6,9H2/t15-/m0/s1. The van der Waals surface area contributed by atoms with Gasteiger partial charge in [0.1, 0.15) is 5.75 Å². The first-order valence-electron chi connectivity index (χ1n) is 8.92. The van der Waals surface area contributed by atoms with Gasteiger partial charge in [-0.05, 0) is 42.0 Å². The van der Waals surface area contributed by atoms with Gasteiger partial charge in [-0.15, -0.1) is 13.2 Å². The van der Waals surface area contributed by atoms with Crippen LogP contribution < -0.4 is 15.4 Å². The van der Waals surface area contributed by atoms with Crippen LogP contribution >= 0.6 is 0 Å². The molecule has 1 saturated heterocycles. The molecule has 0 bridgehead atoms. The van der Waals surface area contributed by atoms with Crippen LogP contribution in [0.15, 0.2) is 36.4 Å². The Morgan fingerprint density at radius 2 is 1.73 bits per heavy atom. The summed E-state index contributed by atoms with van der Waals surface area (Å²) in [6, 6.07) is 6.39. The fourth-order valence-electron chi connectivity index (χ4n) is 3.74. The average molecular weight is 431 g/mol. The highest BCUT2D eigenvalue weighted by Crippen LogP contribution is 2.44. The number of hydrogen-bond donors (Lipinski definition) is 2. The summed E-state index contributed by atoms with van der Waals surface area (Å²) in [5.41, 5.74) is -0.789. The lowest BCUT2D eigenvalue weighted by Crippen LogP contribution is -2.44. The number of carbonyl (C=O) groups excluding carboxylic acids is 1. The molecule has 2 aliphatic rings. The summed E-state index contributed by atoms with van der Waals surface area (Å²) >= 11 is 0. The average Bonchev–Trinajstić information content (AvgIpc) is 2.94. The van der Waals surface area contributed by atoms with E-state index in [1.807, 2.05) is 0 Å². The van der Waals surface area contributed by atoms with E-state index in [9.17, 15) is 31.1 Å². The quantitative estimate of drug-likeness (QED) is 0.706. The van der Waals surface area contributed by atoms with E-state index >= 15 is 0 Å². The number of amides is 1. The van der Waals surface area contributed by atoms with Crippen molar-refractivity contribution in [2.24, 2.45) is 0 Å². The van der Waals surface area contributed by atoms with E-state index in [2.05, 4.69) is 15.4 Å². The van der Waals surface area contributed by atoms with Crippen LogP contribution in [0, 0.1) is 0 Å². The smallest absolute Gasteiger partial charge is 0.406 e. The number of nitrogens with zero attached hydrogens (tertiary/aromatic N) is 1. The van der Waals surface area contributed by atoms with Gasteiger partial charge in [0.05, 0.1) is 17.2 Å². The number of ether oxygens (including phenoxy) is 1. The lowest BCUT2D eigenvalue weighted by Gasteiger charge is -2.30. The molecular formula is C19H15F6N3O2.